The number of rotatable bonds is 2. The molecule has 0 aromatic carbocycles. The minimum absolute atomic E-state index is 0.214. The molecular formula is C9H15N3. The minimum Gasteiger partial charge on any atom is -0.309 e. The van der Waals surface area contributed by atoms with Crippen molar-refractivity contribution in [3.63, 3.8) is 0 Å². The van der Waals surface area contributed by atoms with E-state index in [0.29, 0.717) is 0 Å². The van der Waals surface area contributed by atoms with E-state index in [9.17, 15) is 0 Å². The summed E-state index contributed by atoms with van der Waals surface area (Å²) in [6.07, 6.45) is 2.44. The molecule has 2 rings (SSSR count). The maximum Gasteiger partial charge on any atom is 0.0827 e. The largest absolute Gasteiger partial charge is 0.309 e. The van der Waals surface area contributed by atoms with Crippen LogP contribution in [0.3, 0.4) is 0 Å². The molecular weight excluding hydrogens is 150 g/mol. The number of aromatic nitrogens is 2. The normalized spacial score (nSPS) is 19.6. The van der Waals surface area contributed by atoms with Crippen molar-refractivity contribution in [2.24, 2.45) is 7.05 Å². The van der Waals surface area contributed by atoms with Gasteiger partial charge in [0.15, 0.2) is 0 Å². The van der Waals surface area contributed by atoms with E-state index in [0.717, 1.165) is 0 Å². The van der Waals surface area contributed by atoms with Crippen LogP contribution in [0.2, 0.25) is 0 Å². The zero-order chi connectivity index (χ0) is 8.77. The third-order valence-corrected chi connectivity index (χ3v) is 2.83. The first-order chi connectivity index (χ1) is 5.68. The molecule has 0 spiro atoms. The van der Waals surface area contributed by atoms with Crippen LogP contribution in [0, 0.1) is 6.92 Å². The second kappa shape index (κ2) is 2.33. The van der Waals surface area contributed by atoms with Crippen molar-refractivity contribution in [3.05, 3.63) is 17.5 Å². The monoisotopic (exact) mass is 165 g/mol. The predicted octanol–water partition coefficient (Wildman–Crippen LogP) is 0.937. The van der Waals surface area contributed by atoms with Crippen molar-refractivity contribution in [1.82, 2.24) is 15.1 Å². The molecule has 12 heavy (non-hydrogen) atoms. The summed E-state index contributed by atoms with van der Waals surface area (Å²) in [6, 6.07) is 2.17. The average molecular weight is 165 g/mol. The van der Waals surface area contributed by atoms with Crippen molar-refractivity contribution in [1.29, 1.82) is 0 Å². The van der Waals surface area contributed by atoms with Crippen molar-refractivity contribution >= 4 is 0 Å². The van der Waals surface area contributed by atoms with E-state index < -0.39 is 0 Å². The Hall–Kier alpha value is -0.830. The highest BCUT2D eigenvalue weighted by Gasteiger charge is 2.44. The van der Waals surface area contributed by atoms with E-state index in [-0.39, 0.29) is 5.54 Å². The Bertz CT molecular complexity index is 277. The van der Waals surface area contributed by atoms with Gasteiger partial charge in [-0.2, -0.15) is 5.10 Å². The minimum atomic E-state index is 0.214. The van der Waals surface area contributed by atoms with E-state index in [1.54, 1.807) is 0 Å². The lowest BCUT2D eigenvalue weighted by Gasteiger charge is -2.09. The lowest BCUT2D eigenvalue weighted by Crippen LogP contribution is -2.25. The summed E-state index contributed by atoms with van der Waals surface area (Å²) in [5.74, 6) is 0. The zero-order valence-electron chi connectivity index (χ0n) is 7.89. The summed E-state index contributed by atoms with van der Waals surface area (Å²) < 4.78 is 1.94. The van der Waals surface area contributed by atoms with Gasteiger partial charge in [0.25, 0.3) is 0 Å². The summed E-state index contributed by atoms with van der Waals surface area (Å²) in [5, 5.41) is 7.80. The van der Waals surface area contributed by atoms with Gasteiger partial charge in [-0.3, -0.25) is 4.68 Å². The Morgan fingerprint density at radius 2 is 2.25 bits per heavy atom. The van der Waals surface area contributed by atoms with Gasteiger partial charge in [0, 0.05) is 12.7 Å². The number of hydrogen-bond acceptors (Lipinski definition) is 2. The van der Waals surface area contributed by atoms with E-state index >= 15 is 0 Å². The van der Waals surface area contributed by atoms with Crippen LogP contribution < -0.4 is 5.32 Å². The van der Waals surface area contributed by atoms with Gasteiger partial charge in [-0.15, -0.1) is 0 Å². The molecule has 0 unspecified atom stereocenters. The molecule has 66 valence electrons. The molecule has 0 aliphatic heterocycles. The first-order valence-electron chi connectivity index (χ1n) is 4.38. The fourth-order valence-corrected chi connectivity index (χ4v) is 1.55. The maximum absolute atomic E-state index is 4.47. The van der Waals surface area contributed by atoms with E-state index in [4.69, 9.17) is 0 Å². The molecule has 1 aromatic rings. The third-order valence-electron chi connectivity index (χ3n) is 2.83. The molecule has 0 amide bonds. The van der Waals surface area contributed by atoms with E-state index in [1.165, 1.54) is 24.2 Å². The molecule has 1 saturated carbocycles. The van der Waals surface area contributed by atoms with Crippen LogP contribution >= 0.6 is 0 Å². The van der Waals surface area contributed by atoms with Crippen LogP contribution in [0.5, 0.6) is 0 Å². The van der Waals surface area contributed by atoms with Crippen LogP contribution in [-0.2, 0) is 12.6 Å². The van der Waals surface area contributed by atoms with Gasteiger partial charge in [-0.05, 0) is 32.9 Å². The van der Waals surface area contributed by atoms with Gasteiger partial charge < -0.3 is 5.32 Å². The fraction of sp³-hybridized carbons (Fsp3) is 0.667. The molecule has 0 saturated heterocycles. The standard InChI is InChI=1S/C9H15N3/c1-7-6-8(11-12(7)3)9(10-2)4-5-9/h6,10H,4-5H2,1-3H3. The summed E-state index contributed by atoms with van der Waals surface area (Å²) >= 11 is 0. The summed E-state index contributed by atoms with van der Waals surface area (Å²) in [6.45, 7) is 2.09. The number of nitrogens with zero attached hydrogens (tertiary/aromatic N) is 2. The molecule has 1 heterocycles. The number of hydrogen-bond donors (Lipinski definition) is 1. The van der Waals surface area contributed by atoms with Gasteiger partial charge in [0.2, 0.25) is 0 Å². The Kier molecular flexibility index (Phi) is 1.51. The molecule has 1 N–H and O–H groups in total. The van der Waals surface area contributed by atoms with Gasteiger partial charge in [-0.25, -0.2) is 0 Å². The second-order valence-corrected chi connectivity index (χ2v) is 3.63. The Labute approximate surface area is 72.8 Å². The first kappa shape index (κ1) is 7.80. The lowest BCUT2D eigenvalue weighted by molar-refractivity contribution is 0.553. The van der Waals surface area contributed by atoms with Crippen molar-refractivity contribution < 1.29 is 0 Å². The highest BCUT2D eigenvalue weighted by Crippen LogP contribution is 2.44. The molecule has 3 heteroatoms. The van der Waals surface area contributed by atoms with Crippen LogP contribution in [0.25, 0.3) is 0 Å². The van der Waals surface area contributed by atoms with Gasteiger partial charge in [0.1, 0.15) is 0 Å². The summed E-state index contributed by atoms with van der Waals surface area (Å²) in [5.41, 5.74) is 2.64. The third kappa shape index (κ3) is 0.966. The summed E-state index contributed by atoms with van der Waals surface area (Å²) in [4.78, 5) is 0. The van der Waals surface area contributed by atoms with Crippen molar-refractivity contribution in [3.8, 4) is 0 Å². The SMILES string of the molecule is CNC1(c2cc(C)n(C)n2)CC1. The molecule has 0 bridgehead atoms. The molecule has 3 nitrogen and oxygen atoms in total. The van der Waals surface area contributed by atoms with E-state index in [1.807, 2.05) is 18.8 Å². The zero-order valence-corrected chi connectivity index (χ0v) is 7.89. The quantitative estimate of drug-likeness (QED) is 0.706. The Morgan fingerprint density at radius 3 is 2.58 bits per heavy atom. The van der Waals surface area contributed by atoms with Crippen LogP contribution in [0.1, 0.15) is 24.2 Å². The van der Waals surface area contributed by atoms with Gasteiger partial charge >= 0.3 is 0 Å². The summed E-state index contributed by atoms with van der Waals surface area (Å²) in [7, 11) is 4.00. The Morgan fingerprint density at radius 1 is 1.58 bits per heavy atom. The first-order valence-corrected chi connectivity index (χ1v) is 4.38. The Balaban J connectivity index is 2.34. The topological polar surface area (TPSA) is 29.9 Å². The molecule has 1 aliphatic carbocycles. The van der Waals surface area contributed by atoms with Crippen LogP contribution in [-0.4, -0.2) is 16.8 Å². The molecule has 0 radical (unpaired) electrons. The van der Waals surface area contributed by atoms with Gasteiger partial charge in [0.05, 0.1) is 11.2 Å². The highest BCUT2D eigenvalue weighted by molar-refractivity contribution is 5.24. The van der Waals surface area contributed by atoms with Crippen LogP contribution in [0.15, 0.2) is 6.07 Å². The second-order valence-electron chi connectivity index (χ2n) is 3.63. The predicted molar refractivity (Wildman–Crippen MR) is 47.9 cm³/mol. The molecule has 1 aliphatic rings. The highest BCUT2D eigenvalue weighted by atomic mass is 15.3. The maximum atomic E-state index is 4.47. The van der Waals surface area contributed by atoms with E-state index in [2.05, 4.69) is 23.4 Å². The number of aryl methyl sites for hydroxylation is 2. The lowest BCUT2D eigenvalue weighted by atomic mass is 10.2. The molecule has 0 atom stereocenters. The average Bonchev–Trinajstić information content (AvgIpc) is 2.77. The number of nitrogens with one attached hydrogen (secondary N) is 1. The van der Waals surface area contributed by atoms with Gasteiger partial charge in [-0.1, -0.05) is 0 Å². The smallest absolute Gasteiger partial charge is 0.0827 e. The van der Waals surface area contributed by atoms with Crippen LogP contribution in [0.4, 0.5) is 0 Å². The fourth-order valence-electron chi connectivity index (χ4n) is 1.55. The molecule has 1 aromatic heterocycles. The van der Waals surface area contributed by atoms with Crippen molar-refractivity contribution in [2.75, 3.05) is 7.05 Å². The molecule has 1 fully saturated rings. The van der Waals surface area contributed by atoms with Crippen molar-refractivity contribution in [2.45, 2.75) is 25.3 Å².